The molecule has 80 heavy (non-hydrogen) atoms. The summed E-state index contributed by atoms with van der Waals surface area (Å²) in [4.78, 5) is 38.3. The number of unbranched alkanes of at least 4 members (excludes halogenated alkanes) is 56. The highest BCUT2D eigenvalue weighted by atomic mass is 16.6. The molecular weight excluding hydrogens is 985 g/mol. The standard InChI is InChI=1S/C74H142O6/c1-4-7-10-13-16-19-21-23-25-27-29-31-32-33-34-35-36-37-38-39-40-41-43-44-46-48-50-52-55-58-61-64-67-73(76)79-70-71(69-78-72(75)66-63-60-57-54-18-15-12-9-6-3)80-74(77)68-65-62-59-56-53-51-49-47-45-42-30-28-26-24-22-20-17-14-11-8-5-2/h28,30,71H,4-27,29,31-70H2,1-3H3/b30-28-. The summed E-state index contributed by atoms with van der Waals surface area (Å²) in [7, 11) is 0. The van der Waals surface area contributed by atoms with Gasteiger partial charge in [-0.15, -0.1) is 0 Å². The molecule has 0 amide bonds. The first-order chi connectivity index (χ1) is 39.5. The normalized spacial score (nSPS) is 12.0. The van der Waals surface area contributed by atoms with Gasteiger partial charge >= 0.3 is 17.9 Å². The Morgan fingerprint density at radius 2 is 0.412 bits per heavy atom. The number of rotatable bonds is 69. The monoisotopic (exact) mass is 1130 g/mol. The summed E-state index contributed by atoms with van der Waals surface area (Å²) in [6.07, 6.45) is 84.2. The maximum absolute atomic E-state index is 12.9. The average Bonchev–Trinajstić information content (AvgIpc) is 3.46. The van der Waals surface area contributed by atoms with E-state index in [2.05, 4.69) is 32.9 Å². The lowest BCUT2D eigenvalue weighted by Crippen LogP contribution is -2.30. The Bertz CT molecular complexity index is 1250. The lowest BCUT2D eigenvalue weighted by molar-refractivity contribution is -0.167. The van der Waals surface area contributed by atoms with Crippen LogP contribution in [0.2, 0.25) is 0 Å². The first kappa shape index (κ1) is 78.1. The molecular formula is C74H142O6. The van der Waals surface area contributed by atoms with Crippen LogP contribution in [0.5, 0.6) is 0 Å². The van der Waals surface area contributed by atoms with Crippen molar-refractivity contribution >= 4 is 17.9 Å². The van der Waals surface area contributed by atoms with Gasteiger partial charge in [-0.1, -0.05) is 373 Å². The second-order valence-electron chi connectivity index (χ2n) is 25.2. The zero-order valence-corrected chi connectivity index (χ0v) is 54.6. The van der Waals surface area contributed by atoms with Gasteiger partial charge in [-0.25, -0.2) is 0 Å². The van der Waals surface area contributed by atoms with E-state index in [-0.39, 0.29) is 31.1 Å². The van der Waals surface area contributed by atoms with E-state index in [0.29, 0.717) is 19.3 Å². The van der Waals surface area contributed by atoms with Crippen LogP contribution in [0.25, 0.3) is 0 Å². The van der Waals surface area contributed by atoms with Crippen LogP contribution >= 0.6 is 0 Å². The zero-order chi connectivity index (χ0) is 57.8. The van der Waals surface area contributed by atoms with Gasteiger partial charge in [0.25, 0.3) is 0 Å². The molecule has 474 valence electrons. The van der Waals surface area contributed by atoms with Crippen LogP contribution < -0.4 is 0 Å². The van der Waals surface area contributed by atoms with E-state index in [4.69, 9.17) is 14.2 Å². The smallest absolute Gasteiger partial charge is 0.306 e. The molecule has 0 aliphatic carbocycles. The van der Waals surface area contributed by atoms with Crippen molar-refractivity contribution in [3.8, 4) is 0 Å². The Labute approximate surface area is 501 Å². The summed E-state index contributed by atoms with van der Waals surface area (Å²) in [6, 6.07) is 0. The van der Waals surface area contributed by atoms with Crippen molar-refractivity contribution in [3.05, 3.63) is 12.2 Å². The third-order valence-corrected chi connectivity index (χ3v) is 17.0. The highest BCUT2D eigenvalue weighted by Crippen LogP contribution is 2.19. The Balaban J connectivity index is 4.02. The van der Waals surface area contributed by atoms with E-state index in [1.165, 1.54) is 327 Å². The molecule has 0 saturated heterocycles. The molecule has 0 heterocycles. The molecule has 0 bridgehead atoms. The molecule has 6 nitrogen and oxygen atoms in total. The average molecular weight is 1130 g/mol. The van der Waals surface area contributed by atoms with E-state index >= 15 is 0 Å². The van der Waals surface area contributed by atoms with Gasteiger partial charge in [-0.3, -0.25) is 14.4 Å². The van der Waals surface area contributed by atoms with Gasteiger partial charge in [0.1, 0.15) is 13.2 Å². The molecule has 0 rings (SSSR count). The molecule has 0 spiro atoms. The van der Waals surface area contributed by atoms with Crippen LogP contribution in [-0.4, -0.2) is 37.2 Å². The van der Waals surface area contributed by atoms with Gasteiger partial charge in [0.2, 0.25) is 0 Å². The van der Waals surface area contributed by atoms with Crippen LogP contribution in [-0.2, 0) is 28.6 Å². The van der Waals surface area contributed by atoms with E-state index in [9.17, 15) is 14.4 Å². The van der Waals surface area contributed by atoms with Crippen molar-refractivity contribution < 1.29 is 28.6 Å². The molecule has 0 aliphatic rings. The number of allylic oxidation sites excluding steroid dienone is 2. The van der Waals surface area contributed by atoms with Gasteiger partial charge in [0, 0.05) is 19.3 Å². The predicted molar refractivity (Wildman–Crippen MR) is 349 cm³/mol. The number of carbonyl (C=O) groups excluding carboxylic acids is 3. The van der Waals surface area contributed by atoms with Gasteiger partial charge in [-0.2, -0.15) is 0 Å². The van der Waals surface area contributed by atoms with Gasteiger partial charge in [-0.05, 0) is 44.9 Å². The van der Waals surface area contributed by atoms with Crippen molar-refractivity contribution in [3.63, 3.8) is 0 Å². The number of hydrogen-bond acceptors (Lipinski definition) is 6. The molecule has 0 aliphatic heterocycles. The molecule has 0 radical (unpaired) electrons. The van der Waals surface area contributed by atoms with Crippen molar-refractivity contribution in [1.82, 2.24) is 0 Å². The van der Waals surface area contributed by atoms with Crippen LogP contribution in [0.4, 0.5) is 0 Å². The van der Waals surface area contributed by atoms with Gasteiger partial charge in [0.05, 0.1) is 0 Å². The summed E-state index contributed by atoms with van der Waals surface area (Å²) in [5.74, 6) is -0.837. The molecule has 1 unspecified atom stereocenters. The van der Waals surface area contributed by atoms with Crippen LogP contribution in [0.15, 0.2) is 12.2 Å². The summed E-state index contributed by atoms with van der Waals surface area (Å²) in [5.41, 5.74) is 0. The Kier molecular flexibility index (Phi) is 68.0. The van der Waals surface area contributed by atoms with E-state index in [0.717, 1.165) is 57.8 Å². The maximum atomic E-state index is 12.9. The SMILES string of the molecule is CCCCCCCCCC/C=C\CCCCCCCCCCCC(=O)OC(COC(=O)CCCCCCCCCCC)COC(=O)CCCCCCCCCCCCCCCCCCCCCCCCCCCCCCCCCC. The fourth-order valence-electron chi connectivity index (χ4n) is 11.5. The molecule has 1 atom stereocenters. The molecule has 0 fully saturated rings. The first-order valence-electron chi connectivity index (χ1n) is 36.7. The number of carbonyl (C=O) groups is 3. The zero-order valence-electron chi connectivity index (χ0n) is 54.6. The van der Waals surface area contributed by atoms with Gasteiger partial charge < -0.3 is 14.2 Å². The number of esters is 3. The highest BCUT2D eigenvalue weighted by Gasteiger charge is 2.20. The molecule has 0 aromatic carbocycles. The lowest BCUT2D eigenvalue weighted by Gasteiger charge is -2.18. The van der Waals surface area contributed by atoms with Crippen molar-refractivity contribution in [1.29, 1.82) is 0 Å². The minimum atomic E-state index is -0.767. The second kappa shape index (κ2) is 69.6. The van der Waals surface area contributed by atoms with Crippen molar-refractivity contribution in [2.24, 2.45) is 0 Å². The van der Waals surface area contributed by atoms with E-state index in [1.807, 2.05) is 0 Å². The maximum Gasteiger partial charge on any atom is 0.306 e. The lowest BCUT2D eigenvalue weighted by atomic mass is 10.0. The summed E-state index contributed by atoms with van der Waals surface area (Å²) < 4.78 is 16.9. The predicted octanol–water partition coefficient (Wildman–Crippen LogP) is 25.2. The molecule has 0 N–H and O–H groups in total. The third-order valence-electron chi connectivity index (χ3n) is 17.0. The molecule has 0 saturated carbocycles. The Morgan fingerprint density at radius 1 is 0.237 bits per heavy atom. The van der Waals surface area contributed by atoms with Crippen molar-refractivity contribution in [2.45, 2.75) is 431 Å². The quantitative estimate of drug-likeness (QED) is 0.0261. The fraction of sp³-hybridized carbons (Fsp3) is 0.932. The van der Waals surface area contributed by atoms with Gasteiger partial charge in [0.15, 0.2) is 6.10 Å². The minimum Gasteiger partial charge on any atom is -0.462 e. The summed E-state index contributed by atoms with van der Waals surface area (Å²) >= 11 is 0. The topological polar surface area (TPSA) is 78.9 Å². The largest absolute Gasteiger partial charge is 0.462 e. The van der Waals surface area contributed by atoms with Crippen LogP contribution in [0.1, 0.15) is 425 Å². The summed E-state index contributed by atoms with van der Waals surface area (Å²) in [5, 5.41) is 0. The molecule has 0 aromatic heterocycles. The first-order valence-corrected chi connectivity index (χ1v) is 36.7. The van der Waals surface area contributed by atoms with E-state index < -0.39 is 6.10 Å². The van der Waals surface area contributed by atoms with Crippen LogP contribution in [0, 0.1) is 0 Å². The minimum absolute atomic E-state index is 0.0644. The van der Waals surface area contributed by atoms with Crippen LogP contribution in [0.3, 0.4) is 0 Å². The Morgan fingerprint density at radius 3 is 0.625 bits per heavy atom. The second-order valence-corrected chi connectivity index (χ2v) is 25.2. The Hall–Kier alpha value is -1.85. The van der Waals surface area contributed by atoms with E-state index in [1.54, 1.807) is 0 Å². The third kappa shape index (κ3) is 66.9. The number of hydrogen-bond donors (Lipinski definition) is 0. The summed E-state index contributed by atoms with van der Waals surface area (Å²) in [6.45, 7) is 6.70. The molecule has 0 aromatic rings. The number of ether oxygens (including phenoxy) is 3. The molecule has 6 heteroatoms. The fourth-order valence-corrected chi connectivity index (χ4v) is 11.5. The van der Waals surface area contributed by atoms with Crippen molar-refractivity contribution in [2.75, 3.05) is 13.2 Å². The highest BCUT2D eigenvalue weighted by molar-refractivity contribution is 5.71.